The van der Waals surface area contributed by atoms with Gasteiger partial charge in [-0.1, -0.05) is 40.7 Å². The zero-order valence-electron chi connectivity index (χ0n) is 13.2. The number of hydrogen-bond acceptors (Lipinski definition) is 3. The lowest BCUT2D eigenvalue weighted by molar-refractivity contribution is 0.174. The van der Waals surface area contributed by atoms with Gasteiger partial charge in [0.2, 0.25) is 0 Å². The van der Waals surface area contributed by atoms with E-state index in [1.54, 1.807) is 0 Å². The van der Waals surface area contributed by atoms with E-state index >= 15 is 0 Å². The van der Waals surface area contributed by atoms with Crippen molar-refractivity contribution >= 4 is 11.3 Å². The van der Waals surface area contributed by atoms with Crippen molar-refractivity contribution < 1.29 is 0 Å². The van der Waals surface area contributed by atoms with Gasteiger partial charge >= 0.3 is 0 Å². The van der Waals surface area contributed by atoms with Gasteiger partial charge in [-0.2, -0.15) is 0 Å². The highest BCUT2D eigenvalue weighted by Gasteiger charge is 2.21. The van der Waals surface area contributed by atoms with E-state index in [2.05, 4.69) is 62.3 Å². The summed E-state index contributed by atoms with van der Waals surface area (Å²) in [4.78, 5) is 4.01. The first-order chi connectivity index (χ1) is 8.93. The van der Waals surface area contributed by atoms with Gasteiger partial charge in [0, 0.05) is 24.5 Å². The van der Waals surface area contributed by atoms with Gasteiger partial charge in [0.1, 0.15) is 0 Å². The van der Waals surface area contributed by atoms with Crippen molar-refractivity contribution in [1.29, 1.82) is 0 Å². The van der Waals surface area contributed by atoms with Crippen LogP contribution in [-0.4, -0.2) is 31.1 Å². The minimum atomic E-state index is 0.322. The molecule has 0 amide bonds. The topological polar surface area (TPSA) is 15.3 Å². The Labute approximate surface area is 123 Å². The lowest BCUT2D eigenvalue weighted by atomic mass is 9.92. The molecule has 0 atom stereocenters. The lowest BCUT2D eigenvalue weighted by Gasteiger charge is -2.32. The highest BCUT2D eigenvalue weighted by Crippen LogP contribution is 2.19. The van der Waals surface area contributed by atoms with Crippen molar-refractivity contribution in [3.63, 3.8) is 0 Å². The average Bonchev–Trinajstić information content (AvgIpc) is 2.79. The third-order valence-corrected chi connectivity index (χ3v) is 4.08. The van der Waals surface area contributed by atoms with Crippen LogP contribution in [0, 0.1) is 11.3 Å². The van der Waals surface area contributed by atoms with Crippen molar-refractivity contribution in [2.24, 2.45) is 11.3 Å². The van der Waals surface area contributed by atoms with Gasteiger partial charge in [0.25, 0.3) is 0 Å². The van der Waals surface area contributed by atoms with Crippen LogP contribution in [0.25, 0.3) is 0 Å². The van der Waals surface area contributed by atoms with Gasteiger partial charge in [-0.15, -0.1) is 11.3 Å². The molecule has 1 rings (SSSR count). The predicted octanol–water partition coefficient (Wildman–Crippen LogP) is 3.84. The van der Waals surface area contributed by atoms with Crippen molar-refractivity contribution in [3.8, 4) is 0 Å². The molecule has 1 heterocycles. The highest BCUT2D eigenvalue weighted by molar-refractivity contribution is 7.09. The summed E-state index contributed by atoms with van der Waals surface area (Å²) in [6.07, 6.45) is 0. The number of hydrogen-bond donors (Lipinski definition) is 1. The maximum Gasteiger partial charge on any atom is 0.0328 e. The van der Waals surface area contributed by atoms with E-state index in [0.717, 1.165) is 38.6 Å². The van der Waals surface area contributed by atoms with E-state index in [4.69, 9.17) is 0 Å². The fourth-order valence-electron chi connectivity index (χ4n) is 2.26. The van der Waals surface area contributed by atoms with Crippen LogP contribution >= 0.6 is 11.3 Å². The molecule has 0 aromatic carbocycles. The Balaban J connectivity index is 2.40. The molecule has 1 aromatic rings. The van der Waals surface area contributed by atoms with Crippen LogP contribution in [0.15, 0.2) is 17.5 Å². The molecule has 0 saturated heterocycles. The van der Waals surface area contributed by atoms with E-state index < -0.39 is 0 Å². The van der Waals surface area contributed by atoms with Crippen molar-refractivity contribution in [2.75, 3.05) is 26.2 Å². The van der Waals surface area contributed by atoms with Crippen LogP contribution in [0.2, 0.25) is 0 Å². The van der Waals surface area contributed by atoms with E-state index in [0.29, 0.717) is 5.41 Å². The van der Waals surface area contributed by atoms with E-state index in [1.165, 1.54) is 4.88 Å². The first kappa shape index (κ1) is 16.7. The fourth-order valence-corrected chi connectivity index (χ4v) is 3.01. The number of nitrogens with zero attached hydrogens (tertiary/aromatic N) is 1. The van der Waals surface area contributed by atoms with Gasteiger partial charge < -0.3 is 5.32 Å². The Morgan fingerprint density at radius 2 is 2.11 bits per heavy atom. The number of rotatable bonds is 9. The van der Waals surface area contributed by atoms with Crippen molar-refractivity contribution in [2.45, 2.75) is 41.2 Å². The van der Waals surface area contributed by atoms with Crippen LogP contribution in [0.5, 0.6) is 0 Å². The lowest BCUT2D eigenvalue weighted by Crippen LogP contribution is -2.41. The minimum Gasteiger partial charge on any atom is -0.316 e. The Morgan fingerprint density at radius 1 is 1.37 bits per heavy atom. The van der Waals surface area contributed by atoms with Crippen molar-refractivity contribution in [3.05, 3.63) is 22.4 Å². The van der Waals surface area contributed by atoms with Gasteiger partial charge in [-0.3, -0.25) is 4.90 Å². The molecule has 0 aliphatic heterocycles. The second-order valence-electron chi connectivity index (χ2n) is 6.57. The van der Waals surface area contributed by atoms with Crippen LogP contribution in [0.3, 0.4) is 0 Å². The zero-order chi connectivity index (χ0) is 14.3. The SMILES string of the molecule is CCN(Cc1cccs1)CC(C)(C)CNCC(C)C. The summed E-state index contributed by atoms with van der Waals surface area (Å²) in [5, 5.41) is 5.75. The predicted molar refractivity (Wildman–Crippen MR) is 86.8 cm³/mol. The summed E-state index contributed by atoms with van der Waals surface area (Å²) in [5.41, 5.74) is 0.322. The first-order valence-corrected chi connectivity index (χ1v) is 8.26. The van der Waals surface area contributed by atoms with Crippen LogP contribution in [0.1, 0.15) is 39.5 Å². The molecule has 1 N–H and O–H groups in total. The molecule has 3 heteroatoms. The molecule has 1 aromatic heterocycles. The average molecular weight is 282 g/mol. The number of thiophene rings is 1. The van der Waals surface area contributed by atoms with Crippen molar-refractivity contribution in [1.82, 2.24) is 10.2 Å². The van der Waals surface area contributed by atoms with Crippen LogP contribution < -0.4 is 5.32 Å². The second-order valence-corrected chi connectivity index (χ2v) is 7.60. The fraction of sp³-hybridized carbons (Fsp3) is 0.750. The molecule has 110 valence electrons. The summed E-state index contributed by atoms with van der Waals surface area (Å²) in [5.74, 6) is 0.726. The van der Waals surface area contributed by atoms with Crippen LogP contribution in [-0.2, 0) is 6.54 Å². The van der Waals surface area contributed by atoms with Gasteiger partial charge in [-0.25, -0.2) is 0 Å². The smallest absolute Gasteiger partial charge is 0.0328 e. The molecule has 0 unspecified atom stereocenters. The van der Waals surface area contributed by atoms with Gasteiger partial charge in [-0.05, 0) is 35.9 Å². The monoisotopic (exact) mass is 282 g/mol. The van der Waals surface area contributed by atoms with E-state index in [1.807, 2.05) is 11.3 Å². The van der Waals surface area contributed by atoms with E-state index in [-0.39, 0.29) is 0 Å². The second kappa shape index (κ2) is 8.03. The maximum absolute atomic E-state index is 3.59. The standard InChI is InChI=1S/C16H30N2S/c1-6-18(11-15-8-7-9-19-15)13-16(4,5)12-17-10-14(2)3/h7-9,14,17H,6,10-13H2,1-5H3. The molecule has 0 aliphatic rings. The molecule has 0 saturated carbocycles. The largest absolute Gasteiger partial charge is 0.316 e. The zero-order valence-corrected chi connectivity index (χ0v) is 14.0. The maximum atomic E-state index is 3.59. The Morgan fingerprint density at radius 3 is 2.63 bits per heavy atom. The molecule has 0 aliphatic carbocycles. The van der Waals surface area contributed by atoms with E-state index in [9.17, 15) is 0 Å². The molecular formula is C16H30N2S. The summed E-state index contributed by atoms with van der Waals surface area (Å²) in [7, 11) is 0. The highest BCUT2D eigenvalue weighted by atomic mass is 32.1. The molecule has 0 bridgehead atoms. The summed E-state index contributed by atoms with van der Waals surface area (Å²) < 4.78 is 0. The Kier molecular flexibility index (Phi) is 7.05. The molecular weight excluding hydrogens is 252 g/mol. The summed E-state index contributed by atoms with van der Waals surface area (Å²) in [6.45, 7) is 17.0. The minimum absolute atomic E-state index is 0.322. The Bertz CT molecular complexity index is 331. The van der Waals surface area contributed by atoms with Gasteiger partial charge in [0.05, 0.1) is 0 Å². The van der Waals surface area contributed by atoms with Crippen LogP contribution in [0.4, 0.5) is 0 Å². The Hall–Kier alpha value is -0.380. The third kappa shape index (κ3) is 7.09. The molecule has 2 nitrogen and oxygen atoms in total. The molecule has 0 fully saturated rings. The molecule has 0 spiro atoms. The summed E-state index contributed by atoms with van der Waals surface area (Å²) in [6, 6.07) is 4.38. The summed E-state index contributed by atoms with van der Waals surface area (Å²) >= 11 is 1.86. The normalized spacial score (nSPS) is 12.6. The molecule has 19 heavy (non-hydrogen) atoms. The quantitative estimate of drug-likeness (QED) is 0.740. The third-order valence-electron chi connectivity index (χ3n) is 3.21. The number of nitrogens with one attached hydrogen (secondary N) is 1. The first-order valence-electron chi connectivity index (χ1n) is 7.38. The van der Waals surface area contributed by atoms with Gasteiger partial charge in [0.15, 0.2) is 0 Å². The molecule has 0 radical (unpaired) electrons.